The number of anilines is 1. The smallest absolute Gasteiger partial charge is 0.0992 e. The third kappa shape index (κ3) is 2.54. The van der Waals surface area contributed by atoms with Crippen LogP contribution in [0.25, 0.3) is 0 Å². The van der Waals surface area contributed by atoms with Crippen molar-refractivity contribution < 1.29 is 5.11 Å². The standard InChI is InChI=1S/C13H15ClN2O/c14-12-7-10(8-15)4-5-13(12)16-6-2-1-3-11(16)9-17/h4-5,7,11,17H,1-3,6,9H2. The lowest BCUT2D eigenvalue weighted by atomic mass is 10.0. The minimum absolute atomic E-state index is 0.147. The fourth-order valence-corrected chi connectivity index (χ4v) is 2.61. The van der Waals surface area contributed by atoms with Crippen LogP contribution in [0.5, 0.6) is 0 Å². The van der Waals surface area contributed by atoms with Crippen molar-refractivity contribution in [1.29, 1.82) is 5.26 Å². The van der Waals surface area contributed by atoms with Crippen LogP contribution < -0.4 is 4.90 Å². The van der Waals surface area contributed by atoms with E-state index in [0.717, 1.165) is 31.5 Å². The van der Waals surface area contributed by atoms with E-state index in [1.165, 1.54) is 0 Å². The van der Waals surface area contributed by atoms with Gasteiger partial charge in [0.05, 0.1) is 35.0 Å². The summed E-state index contributed by atoms with van der Waals surface area (Å²) in [5.41, 5.74) is 1.49. The molecule has 4 heteroatoms. The first-order valence-corrected chi connectivity index (χ1v) is 6.21. The first-order chi connectivity index (χ1) is 8.26. The van der Waals surface area contributed by atoms with Crippen LogP contribution >= 0.6 is 11.6 Å². The highest BCUT2D eigenvalue weighted by Crippen LogP contribution is 2.31. The highest BCUT2D eigenvalue weighted by Gasteiger charge is 2.23. The maximum Gasteiger partial charge on any atom is 0.0992 e. The highest BCUT2D eigenvalue weighted by atomic mass is 35.5. The highest BCUT2D eigenvalue weighted by molar-refractivity contribution is 6.33. The van der Waals surface area contributed by atoms with Crippen molar-refractivity contribution in [3.8, 4) is 6.07 Å². The molecule has 1 atom stereocenters. The van der Waals surface area contributed by atoms with E-state index < -0.39 is 0 Å². The van der Waals surface area contributed by atoms with Crippen LogP contribution in [0, 0.1) is 11.3 Å². The van der Waals surface area contributed by atoms with Crippen LogP contribution in [0.15, 0.2) is 18.2 Å². The fourth-order valence-electron chi connectivity index (χ4n) is 2.32. The average molecular weight is 251 g/mol. The van der Waals surface area contributed by atoms with Gasteiger partial charge in [0, 0.05) is 6.54 Å². The van der Waals surface area contributed by atoms with Gasteiger partial charge in [0.15, 0.2) is 0 Å². The molecule has 1 aromatic rings. The molecule has 0 aromatic heterocycles. The Morgan fingerprint density at radius 1 is 1.47 bits per heavy atom. The number of nitriles is 1. The van der Waals surface area contributed by atoms with Gasteiger partial charge in [-0.25, -0.2) is 0 Å². The zero-order valence-electron chi connectivity index (χ0n) is 9.56. The first kappa shape index (κ1) is 12.2. The number of aliphatic hydroxyl groups is 1. The number of halogens is 1. The Kier molecular flexibility index (Phi) is 3.88. The van der Waals surface area contributed by atoms with Crippen LogP contribution in [0.2, 0.25) is 5.02 Å². The van der Waals surface area contributed by atoms with Crippen LogP contribution in [0.4, 0.5) is 5.69 Å². The van der Waals surface area contributed by atoms with E-state index in [1.54, 1.807) is 12.1 Å². The van der Waals surface area contributed by atoms with Gasteiger partial charge in [0.25, 0.3) is 0 Å². The summed E-state index contributed by atoms with van der Waals surface area (Å²) in [7, 11) is 0. The van der Waals surface area contributed by atoms with Crippen molar-refractivity contribution in [2.24, 2.45) is 0 Å². The number of nitrogens with zero attached hydrogens (tertiary/aromatic N) is 2. The Labute approximate surface area is 106 Å². The molecular weight excluding hydrogens is 236 g/mol. The molecule has 1 fully saturated rings. The number of benzene rings is 1. The monoisotopic (exact) mass is 250 g/mol. The summed E-state index contributed by atoms with van der Waals surface area (Å²) < 4.78 is 0. The van der Waals surface area contributed by atoms with Crippen LogP contribution in [0.3, 0.4) is 0 Å². The van der Waals surface area contributed by atoms with Crippen molar-refractivity contribution in [3.05, 3.63) is 28.8 Å². The number of hydrogen-bond acceptors (Lipinski definition) is 3. The summed E-state index contributed by atoms with van der Waals surface area (Å²) in [6.07, 6.45) is 3.26. The second kappa shape index (κ2) is 5.39. The van der Waals surface area contributed by atoms with Gasteiger partial charge in [0.2, 0.25) is 0 Å². The number of rotatable bonds is 2. The minimum Gasteiger partial charge on any atom is -0.394 e. The summed E-state index contributed by atoms with van der Waals surface area (Å²) in [6.45, 7) is 1.06. The average Bonchev–Trinajstić information content (AvgIpc) is 2.38. The topological polar surface area (TPSA) is 47.3 Å². The third-order valence-corrected chi connectivity index (χ3v) is 3.53. The zero-order chi connectivity index (χ0) is 12.3. The Morgan fingerprint density at radius 2 is 2.29 bits per heavy atom. The molecule has 90 valence electrons. The molecule has 2 rings (SSSR count). The van der Waals surface area contributed by atoms with Crippen LogP contribution in [0.1, 0.15) is 24.8 Å². The van der Waals surface area contributed by atoms with Gasteiger partial charge in [-0.3, -0.25) is 0 Å². The molecule has 1 saturated heterocycles. The first-order valence-electron chi connectivity index (χ1n) is 5.83. The predicted octanol–water partition coefficient (Wildman–Crippen LogP) is 2.56. The molecule has 0 saturated carbocycles. The number of aliphatic hydroxyl groups excluding tert-OH is 1. The van der Waals surface area contributed by atoms with Crippen molar-refractivity contribution >= 4 is 17.3 Å². The van der Waals surface area contributed by atoms with Gasteiger partial charge in [0.1, 0.15) is 0 Å². The van der Waals surface area contributed by atoms with Crippen molar-refractivity contribution in [1.82, 2.24) is 0 Å². The lowest BCUT2D eigenvalue weighted by Gasteiger charge is -2.37. The molecule has 1 aromatic carbocycles. The molecule has 1 unspecified atom stereocenters. The van der Waals surface area contributed by atoms with E-state index >= 15 is 0 Å². The van der Waals surface area contributed by atoms with Gasteiger partial charge in [-0.1, -0.05) is 11.6 Å². The fraction of sp³-hybridized carbons (Fsp3) is 0.462. The molecule has 1 heterocycles. The molecule has 0 aliphatic carbocycles. The lowest BCUT2D eigenvalue weighted by Crippen LogP contribution is -2.42. The largest absolute Gasteiger partial charge is 0.394 e. The molecule has 1 aliphatic heterocycles. The summed E-state index contributed by atoms with van der Waals surface area (Å²) in [6, 6.07) is 7.54. The number of piperidine rings is 1. The van der Waals surface area contributed by atoms with E-state index in [1.807, 2.05) is 6.07 Å². The maximum absolute atomic E-state index is 9.38. The van der Waals surface area contributed by atoms with Gasteiger partial charge >= 0.3 is 0 Å². The van der Waals surface area contributed by atoms with Crippen LogP contribution in [-0.4, -0.2) is 24.3 Å². The molecule has 0 bridgehead atoms. The Morgan fingerprint density at radius 3 is 2.94 bits per heavy atom. The molecule has 1 aliphatic rings. The van der Waals surface area contributed by atoms with E-state index in [0.29, 0.717) is 10.6 Å². The normalized spacial score (nSPS) is 20.1. The Hall–Kier alpha value is -1.24. The van der Waals surface area contributed by atoms with Crippen LogP contribution in [-0.2, 0) is 0 Å². The molecular formula is C13H15ClN2O. The van der Waals surface area contributed by atoms with Gasteiger partial charge in [-0.15, -0.1) is 0 Å². The second-order valence-corrected chi connectivity index (χ2v) is 4.71. The molecule has 0 amide bonds. The molecule has 1 N–H and O–H groups in total. The van der Waals surface area contributed by atoms with E-state index in [4.69, 9.17) is 16.9 Å². The van der Waals surface area contributed by atoms with Gasteiger partial charge < -0.3 is 10.0 Å². The summed E-state index contributed by atoms with van der Waals surface area (Å²) >= 11 is 6.19. The third-order valence-electron chi connectivity index (χ3n) is 3.22. The van der Waals surface area contributed by atoms with Gasteiger partial charge in [-0.2, -0.15) is 5.26 Å². The van der Waals surface area contributed by atoms with Crippen molar-refractivity contribution in [3.63, 3.8) is 0 Å². The van der Waals surface area contributed by atoms with Crippen molar-refractivity contribution in [2.75, 3.05) is 18.1 Å². The molecule has 0 spiro atoms. The van der Waals surface area contributed by atoms with Crippen molar-refractivity contribution in [2.45, 2.75) is 25.3 Å². The quantitative estimate of drug-likeness (QED) is 0.878. The van der Waals surface area contributed by atoms with E-state index in [2.05, 4.69) is 11.0 Å². The van der Waals surface area contributed by atoms with Gasteiger partial charge in [-0.05, 0) is 37.5 Å². The van der Waals surface area contributed by atoms with E-state index in [9.17, 15) is 5.11 Å². The molecule has 3 nitrogen and oxygen atoms in total. The number of hydrogen-bond donors (Lipinski definition) is 1. The Balaban J connectivity index is 2.29. The second-order valence-electron chi connectivity index (χ2n) is 4.30. The molecule has 17 heavy (non-hydrogen) atoms. The van der Waals surface area contributed by atoms with E-state index in [-0.39, 0.29) is 12.6 Å². The SMILES string of the molecule is N#Cc1ccc(N2CCCCC2CO)c(Cl)c1. The minimum atomic E-state index is 0.147. The molecule has 0 radical (unpaired) electrons. The maximum atomic E-state index is 9.38. The summed E-state index contributed by atoms with van der Waals surface area (Å²) in [4.78, 5) is 2.15. The zero-order valence-corrected chi connectivity index (χ0v) is 10.3. The predicted molar refractivity (Wildman–Crippen MR) is 68.2 cm³/mol. The lowest BCUT2D eigenvalue weighted by molar-refractivity contribution is 0.240. The Bertz CT molecular complexity index is 442. The summed E-state index contributed by atoms with van der Waals surface area (Å²) in [5.74, 6) is 0. The summed E-state index contributed by atoms with van der Waals surface area (Å²) in [5, 5.41) is 18.8.